The van der Waals surface area contributed by atoms with Gasteiger partial charge in [-0.3, -0.25) is 13.9 Å². The second kappa shape index (κ2) is 10.7. The van der Waals surface area contributed by atoms with Crippen molar-refractivity contribution in [1.29, 1.82) is 0 Å². The fraction of sp³-hybridized carbons (Fsp3) is 0.941. The molecule has 0 amide bonds. The normalized spacial score (nSPS) is 26.9. The molecule has 1 saturated carbocycles. The molecule has 3 atom stereocenters. The Labute approximate surface area is 153 Å². The number of nitrogens with zero attached hydrogens (tertiary/aromatic N) is 1. The molecule has 2 fully saturated rings. The molecular weight excluding hydrogens is 346 g/mol. The van der Waals surface area contributed by atoms with E-state index >= 15 is 0 Å². The van der Waals surface area contributed by atoms with E-state index in [0.717, 1.165) is 12.0 Å². The topological polar surface area (TPSA) is 99.5 Å². The highest BCUT2D eigenvalue weighted by Gasteiger charge is 2.42. The summed E-state index contributed by atoms with van der Waals surface area (Å²) < 4.78 is 9.93. The largest absolute Gasteiger partial charge is 0.437 e. The van der Waals surface area contributed by atoms with Crippen LogP contribution in [0.2, 0.25) is 0 Å². The lowest BCUT2D eigenvalue weighted by Gasteiger charge is -2.30. The average Bonchev–Trinajstić information content (AvgIpc) is 3.07. The summed E-state index contributed by atoms with van der Waals surface area (Å²) in [5, 5.41) is 29.8. The van der Waals surface area contributed by atoms with Gasteiger partial charge in [0.15, 0.2) is 6.29 Å². The van der Waals surface area contributed by atoms with Crippen LogP contribution >= 0.6 is 12.0 Å². The number of aliphatic hydroxyl groups is 3. The van der Waals surface area contributed by atoms with E-state index in [9.17, 15) is 20.1 Å². The SMILES string of the molecule is CCC(=O)OCOSC[C@@H](O)N1C[C@H](C2CCCCC2)C[C@H]1C(O)O. The molecule has 0 aromatic heterocycles. The van der Waals surface area contributed by atoms with Gasteiger partial charge in [0.25, 0.3) is 0 Å². The highest BCUT2D eigenvalue weighted by Crippen LogP contribution is 2.38. The summed E-state index contributed by atoms with van der Waals surface area (Å²) in [5.41, 5.74) is 0. The first-order chi connectivity index (χ1) is 12.0. The zero-order chi connectivity index (χ0) is 18.2. The van der Waals surface area contributed by atoms with Gasteiger partial charge in [0.05, 0.1) is 11.8 Å². The predicted molar refractivity (Wildman–Crippen MR) is 94.2 cm³/mol. The molecule has 8 heteroatoms. The second-order valence-electron chi connectivity index (χ2n) is 6.94. The first-order valence-electron chi connectivity index (χ1n) is 9.22. The number of rotatable bonds is 9. The molecule has 146 valence electrons. The van der Waals surface area contributed by atoms with E-state index in [4.69, 9.17) is 8.92 Å². The lowest BCUT2D eigenvalue weighted by atomic mass is 9.79. The van der Waals surface area contributed by atoms with Crippen LogP contribution < -0.4 is 0 Å². The summed E-state index contributed by atoms with van der Waals surface area (Å²) in [6.45, 7) is 2.23. The molecule has 2 aliphatic rings. The van der Waals surface area contributed by atoms with Crippen molar-refractivity contribution in [2.24, 2.45) is 11.8 Å². The quantitative estimate of drug-likeness (QED) is 0.240. The number of hydrogen-bond donors (Lipinski definition) is 3. The number of hydrogen-bond acceptors (Lipinski definition) is 8. The van der Waals surface area contributed by atoms with Gasteiger partial charge in [0.1, 0.15) is 6.23 Å². The predicted octanol–water partition coefficient (Wildman–Crippen LogP) is 1.46. The molecule has 25 heavy (non-hydrogen) atoms. The van der Waals surface area contributed by atoms with Gasteiger partial charge in [-0.1, -0.05) is 39.0 Å². The summed E-state index contributed by atoms with van der Waals surface area (Å²) in [6, 6.07) is -0.444. The summed E-state index contributed by atoms with van der Waals surface area (Å²) in [4.78, 5) is 12.8. The Morgan fingerprint density at radius 1 is 1.20 bits per heavy atom. The smallest absolute Gasteiger partial charge is 0.307 e. The van der Waals surface area contributed by atoms with E-state index in [1.165, 1.54) is 32.1 Å². The lowest BCUT2D eigenvalue weighted by molar-refractivity contribution is -0.149. The Morgan fingerprint density at radius 2 is 1.92 bits per heavy atom. The highest BCUT2D eigenvalue weighted by atomic mass is 32.2. The Bertz CT molecular complexity index is 405. The molecule has 0 unspecified atom stereocenters. The van der Waals surface area contributed by atoms with Crippen molar-refractivity contribution in [2.45, 2.75) is 70.4 Å². The third-order valence-electron chi connectivity index (χ3n) is 5.32. The number of carbonyl (C=O) groups is 1. The van der Waals surface area contributed by atoms with Gasteiger partial charge in [-0.2, -0.15) is 0 Å². The molecule has 0 aromatic carbocycles. The van der Waals surface area contributed by atoms with Crippen LogP contribution in [-0.4, -0.2) is 63.8 Å². The van der Waals surface area contributed by atoms with Crippen LogP contribution in [0.1, 0.15) is 51.9 Å². The zero-order valence-electron chi connectivity index (χ0n) is 14.9. The van der Waals surface area contributed by atoms with Gasteiger partial charge in [-0.15, -0.1) is 0 Å². The van der Waals surface area contributed by atoms with Crippen molar-refractivity contribution in [3.8, 4) is 0 Å². The molecule has 7 nitrogen and oxygen atoms in total. The molecule has 0 bridgehead atoms. The van der Waals surface area contributed by atoms with Crippen LogP contribution in [0, 0.1) is 11.8 Å². The van der Waals surface area contributed by atoms with Crippen LogP contribution in [0.5, 0.6) is 0 Å². The van der Waals surface area contributed by atoms with E-state index in [0.29, 0.717) is 31.2 Å². The summed E-state index contributed by atoms with van der Waals surface area (Å²) in [7, 11) is 0. The molecule has 3 N–H and O–H groups in total. The number of aliphatic hydroxyl groups excluding tert-OH is 2. The van der Waals surface area contributed by atoms with E-state index < -0.39 is 18.6 Å². The fourth-order valence-corrected chi connectivity index (χ4v) is 4.47. The van der Waals surface area contributed by atoms with Crippen molar-refractivity contribution in [3.05, 3.63) is 0 Å². The average molecular weight is 378 g/mol. The highest BCUT2D eigenvalue weighted by molar-refractivity contribution is 7.94. The summed E-state index contributed by atoms with van der Waals surface area (Å²) >= 11 is 1.02. The Kier molecular flexibility index (Phi) is 8.95. The number of esters is 1. The van der Waals surface area contributed by atoms with Crippen LogP contribution in [0.3, 0.4) is 0 Å². The molecular formula is C17H31NO6S. The number of ether oxygens (including phenoxy) is 1. The molecule has 1 saturated heterocycles. The number of carbonyl (C=O) groups excluding carboxylic acids is 1. The maximum Gasteiger partial charge on any atom is 0.307 e. The summed E-state index contributed by atoms with van der Waals surface area (Å²) in [6.07, 6.45) is 4.90. The van der Waals surface area contributed by atoms with Gasteiger partial charge < -0.3 is 20.1 Å². The Hall–Kier alpha value is -0.380. The van der Waals surface area contributed by atoms with Crippen molar-refractivity contribution in [1.82, 2.24) is 4.90 Å². The van der Waals surface area contributed by atoms with Crippen molar-refractivity contribution in [3.63, 3.8) is 0 Å². The molecule has 1 heterocycles. The van der Waals surface area contributed by atoms with E-state index in [-0.39, 0.29) is 18.5 Å². The Morgan fingerprint density at radius 3 is 2.56 bits per heavy atom. The van der Waals surface area contributed by atoms with Gasteiger partial charge in [0.2, 0.25) is 6.79 Å². The molecule has 0 aromatic rings. The second-order valence-corrected chi connectivity index (χ2v) is 7.75. The van der Waals surface area contributed by atoms with Crippen LogP contribution in [0.4, 0.5) is 0 Å². The maximum atomic E-state index is 11.0. The molecule has 0 radical (unpaired) electrons. The van der Waals surface area contributed by atoms with Gasteiger partial charge in [-0.25, -0.2) is 0 Å². The Balaban J connectivity index is 1.77. The number of likely N-dealkylation sites (tertiary alicyclic amines) is 1. The van der Waals surface area contributed by atoms with Crippen LogP contribution in [-0.2, 0) is 13.7 Å². The maximum absolute atomic E-state index is 11.0. The molecule has 2 rings (SSSR count). The third kappa shape index (κ3) is 6.37. The standard InChI is InChI=1S/C17H31NO6S/c1-2-16(20)23-11-24-25-10-15(19)18-9-13(8-14(18)17(21)22)12-6-4-3-5-7-12/h12-15,17,19,21-22H,2-11H2,1H3/t13-,14+,15-/m1/s1. The first kappa shape index (κ1) is 20.9. The van der Waals surface area contributed by atoms with E-state index in [1.54, 1.807) is 11.8 Å². The molecule has 0 spiro atoms. The minimum atomic E-state index is -1.46. The minimum Gasteiger partial charge on any atom is -0.437 e. The first-order valence-corrected chi connectivity index (χ1v) is 10.1. The van der Waals surface area contributed by atoms with Crippen LogP contribution in [0.15, 0.2) is 0 Å². The van der Waals surface area contributed by atoms with Gasteiger partial charge >= 0.3 is 5.97 Å². The van der Waals surface area contributed by atoms with Crippen molar-refractivity contribution in [2.75, 3.05) is 19.1 Å². The van der Waals surface area contributed by atoms with Crippen LogP contribution in [0.25, 0.3) is 0 Å². The van der Waals surface area contributed by atoms with Crippen molar-refractivity contribution < 1.29 is 29.0 Å². The third-order valence-corrected chi connectivity index (χ3v) is 6.01. The lowest BCUT2D eigenvalue weighted by Crippen LogP contribution is -2.46. The van der Waals surface area contributed by atoms with E-state index in [1.807, 2.05) is 0 Å². The fourth-order valence-electron chi connectivity index (χ4n) is 3.94. The zero-order valence-corrected chi connectivity index (χ0v) is 15.7. The van der Waals surface area contributed by atoms with Gasteiger partial charge in [-0.05, 0) is 30.3 Å². The van der Waals surface area contributed by atoms with Gasteiger partial charge in [0, 0.05) is 13.0 Å². The molecule has 1 aliphatic carbocycles. The van der Waals surface area contributed by atoms with E-state index in [2.05, 4.69) is 0 Å². The van der Waals surface area contributed by atoms with Crippen molar-refractivity contribution >= 4 is 18.0 Å². The minimum absolute atomic E-state index is 0.152. The summed E-state index contributed by atoms with van der Waals surface area (Å²) in [5.74, 6) is 0.937. The molecule has 1 aliphatic heterocycles. The monoisotopic (exact) mass is 377 g/mol.